The molecular formula is C18H30N2O. The second-order valence-corrected chi connectivity index (χ2v) is 7.19. The molecule has 0 spiro atoms. The van der Waals surface area contributed by atoms with Crippen LogP contribution in [-0.4, -0.2) is 36.2 Å². The summed E-state index contributed by atoms with van der Waals surface area (Å²) in [5.41, 5.74) is 8.67. The Morgan fingerprint density at radius 3 is 2.29 bits per heavy atom. The minimum Gasteiger partial charge on any atom is -0.370 e. The van der Waals surface area contributed by atoms with Crippen molar-refractivity contribution in [2.45, 2.75) is 58.3 Å². The Morgan fingerprint density at radius 1 is 1.24 bits per heavy atom. The third kappa shape index (κ3) is 4.06. The van der Waals surface area contributed by atoms with Gasteiger partial charge in [-0.05, 0) is 37.8 Å². The van der Waals surface area contributed by atoms with Gasteiger partial charge < -0.3 is 10.5 Å². The molecule has 1 fully saturated rings. The second kappa shape index (κ2) is 6.47. The monoisotopic (exact) mass is 290 g/mol. The molecule has 2 N–H and O–H groups in total. The number of rotatable bonds is 4. The summed E-state index contributed by atoms with van der Waals surface area (Å²) >= 11 is 0. The van der Waals surface area contributed by atoms with E-state index in [1.807, 2.05) is 0 Å². The van der Waals surface area contributed by atoms with E-state index in [2.05, 4.69) is 63.8 Å². The number of benzene rings is 1. The van der Waals surface area contributed by atoms with Crippen LogP contribution in [0.5, 0.6) is 0 Å². The number of ether oxygens (including phenoxy) is 1. The van der Waals surface area contributed by atoms with Crippen molar-refractivity contribution >= 4 is 0 Å². The van der Waals surface area contributed by atoms with Gasteiger partial charge in [-0.25, -0.2) is 0 Å². The molecule has 2 rings (SSSR count). The lowest BCUT2D eigenvalue weighted by molar-refractivity contribution is -0.137. The maximum absolute atomic E-state index is 6.09. The Bertz CT molecular complexity index is 453. The summed E-state index contributed by atoms with van der Waals surface area (Å²) in [4.78, 5) is 2.47. The van der Waals surface area contributed by atoms with Gasteiger partial charge in [-0.15, -0.1) is 0 Å². The van der Waals surface area contributed by atoms with Gasteiger partial charge in [0.25, 0.3) is 0 Å². The summed E-state index contributed by atoms with van der Waals surface area (Å²) in [6, 6.07) is 9.21. The summed E-state index contributed by atoms with van der Waals surface area (Å²) < 4.78 is 6.00. The van der Waals surface area contributed by atoms with Gasteiger partial charge >= 0.3 is 0 Å². The average Bonchev–Trinajstić information content (AvgIpc) is 2.37. The molecule has 2 atom stereocenters. The van der Waals surface area contributed by atoms with Crippen molar-refractivity contribution in [3.8, 4) is 0 Å². The molecule has 3 heteroatoms. The van der Waals surface area contributed by atoms with Crippen LogP contribution in [-0.2, 0) is 4.74 Å². The Labute approximate surface area is 129 Å². The zero-order valence-corrected chi connectivity index (χ0v) is 14.1. The predicted molar refractivity (Wildman–Crippen MR) is 88.5 cm³/mol. The minimum absolute atomic E-state index is 0.108. The fourth-order valence-corrected chi connectivity index (χ4v) is 3.34. The normalized spacial score (nSPS) is 24.2. The molecule has 0 aliphatic carbocycles. The Kier molecular flexibility index (Phi) is 5.07. The lowest BCUT2D eigenvalue weighted by Crippen LogP contribution is -2.53. The number of morpholine rings is 1. The van der Waals surface area contributed by atoms with Crippen LogP contribution in [0.3, 0.4) is 0 Å². The van der Waals surface area contributed by atoms with Crippen LogP contribution in [0, 0.1) is 0 Å². The van der Waals surface area contributed by atoms with Gasteiger partial charge in [-0.2, -0.15) is 0 Å². The molecule has 1 aromatic carbocycles. The van der Waals surface area contributed by atoms with Crippen LogP contribution in [0.4, 0.5) is 0 Å². The molecule has 2 unspecified atom stereocenters. The van der Waals surface area contributed by atoms with Crippen molar-refractivity contribution in [2.75, 3.05) is 19.6 Å². The number of nitrogens with zero attached hydrogens (tertiary/aromatic N) is 1. The summed E-state index contributed by atoms with van der Waals surface area (Å²) in [6.45, 7) is 13.4. The highest BCUT2D eigenvalue weighted by atomic mass is 16.5. The Hall–Kier alpha value is -0.900. The summed E-state index contributed by atoms with van der Waals surface area (Å²) in [7, 11) is 0. The molecule has 1 aliphatic rings. The van der Waals surface area contributed by atoms with Gasteiger partial charge in [0.1, 0.15) is 0 Å². The highest BCUT2D eigenvalue weighted by Crippen LogP contribution is 2.29. The van der Waals surface area contributed by atoms with Gasteiger partial charge in [-0.1, -0.05) is 38.1 Å². The van der Waals surface area contributed by atoms with Gasteiger partial charge in [0.15, 0.2) is 0 Å². The van der Waals surface area contributed by atoms with Gasteiger partial charge in [0.2, 0.25) is 0 Å². The van der Waals surface area contributed by atoms with E-state index in [0.29, 0.717) is 12.5 Å². The molecule has 1 saturated heterocycles. The van der Waals surface area contributed by atoms with Gasteiger partial charge in [0, 0.05) is 25.7 Å². The van der Waals surface area contributed by atoms with Crippen LogP contribution in [0.15, 0.2) is 24.3 Å². The smallest absolute Gasteiger partial charge is 0.0757 e. The fraction of sp³-hybridized carbons (Fsp3) is 0.667. The molecule has 1 aliphatic heterocycles. The first-order valence-electron chi connectivity index (χ1n) is 8.04. The largest absolute Gasteiger partial charge is 0.370 e. The molecule has 118 valence electrons. The first kappa shape index (κ1) is 16.5. The van der Waals surface area contributed by atoms with Crippen LogP contribution >= 0.6 is 0 Å². The van der Waals surface area contributed by atoms with Crippen LogP contribution < -0.4 is 5.73 Å². The molecule has 0 bridgehead atoms. The van der Waals surface area contributed by atoms with Crippen LogP contribution in [0.1, 0.15) is 57.7 Å². The first-order chi connectivity index (χ1) is 9.82. The molecular weight excluding hydrogens is 260 g/mol. The third-order valence-corrected chi connectivity index (χ3v) is 4.25. The SMILES string of the molecule is CC1CN(C(CN)c2ccc(C(C)C)cc2)CC(C)(C)O1. The van der Waals surface area contributed by atoms with Gasteiger partial charge in [-0.3, -0.25) is 4.90 Å². The number of nitrogens with two attached hydrogens (primary N) is 1. The van der Waals surface area contributed by atoms with Crippen molar-refractivity contribution in [1.82, 2.24) is 4.90 Å². The molecule has 1 heterocycles. The zero-order valence-electron chi connectivity index (χ0n) is 14.1. The standard InChI is InChI=1S/C18H30N2O/c1-13(2)15-6-8-16(9-7-15)17(10-19)20-11-14(3)21-18(4,5)12-20/h6-9,13-14,17H,10-12,19H2,1-5H3. The summed E-state index contributed by atoms with van der Waals surface area (Å²) in [6.07, 6.45) is 0.248. The second-order valence-electron chi connectivity index (χ2n) is 7.19. The van der Waals surface area contributed by atoms with Crippen molar-refractivity contribution in [2.24, 2.45) is 5.73 Å². The summed E-state index contributed by atoms with van der Waals surface area (Å²) in [5.74, 6) is 0.567. The fourth-order valence-electron chi connectivity index (χ4n) is 3.34. The van der Waals surface area contributed by atoms with Crippen molar-refractivity contribution in [3.05, 3.63) is 35.4 Å². The topological polar surface area (TPSA) is 38.5 Å². The van der Waals surface area contributed by atoms with E-state index in [4.69, 9.17) is 10.5 Å². The molecule has 1 aromatic rings. The van der Waals surface area contributed by atoms with E-state index in [9.17, 15) is 0 Å². The molecule has 0 amide bonds. The van der Waals surface area contributed by atoms with Crippen LogP contribution in [0.25, 0.3) is 0 Å². The Balaban J connectivity index is 2.18. The third-order valence-electron chi connectivity index (χ3n) is 4.25. The van der Waals surface area contributed by atoms with Crippen molar-refractivity contribution in [3.63, 3.8) is 0 Å². The predicted octanol–water partition coefficient (Wildman–Crippen LogP) is 3.31. The van der Waals surface area contributed by atoms with Crippen LogP contribution in [0.2, 0.25) is 0 Å². The number of hydrogen-bond acceptors (Lipinski definition) is 3. The maximum Gasteiger partial charge on any atom is 0.0757 e. The lowest BCUT2D eigenvalue weighted by Gasteiger charge is -2.45. The van der Waals surface area contributed by atoms with E-state index in [1.165, 1.54) is 11.1 Å². The molecule has 0 radical (unpaired) electrons. The van der Waals surface area contributed by atoms with E-state index in [-0.39, 0.29) is 17.7 Å². The highest BCUT2D eigenvalue weighted by Gasteiger charge is 2.34. The van der Waals surface area contributed by atoms with Crippen molar-refractivity contribution in [1.29, 1.82) is 0 Å². The van der Waals surface area contributed by atoms with Crippen molar-refractivity contribution < 1.29 is 4.74 Å². The molecule has 3 nitrogen and oxygen atoms in total. The molecule has 0 saturated carbocycles. The zero-order chi connectivity index (χ0) is 15.6. The minimum atomic E-state index is -0.108. The highest BCUT2D eigenvalue weighted by molar-refractivity contribution is 5.27. The lowest BCUT2D eigenvalue weighted by atomic mass is 9.96. The van der Waals surface area contributed by atoms with Gasteiger partial charge in [0.05, 0.1) is 11.7 Å². The van der Waals surface area contributed by atoms with E-state index in [1.54, 1.807) is 0 Å². The first-order valence-corrected chi connectivity index (χ1v) is 8.04. The maximum atomic E-state index is 6.09. The van der Waals surface area contributed by atoms with E-state index >= 15 is 0 Å². The number of hydrogen-bond donors (Lipinski definition) is 1. The molecule has 0 aromatic heterocycles. The quantitative estimate of drug-likeness (QED) is 0.924. The average molecular weight is 290 g/mol. The summed E-state index contributed by atoms with van der Waals surface area (Å²) in [5, 5.41) is 0. The van der Waals surface area contributed by atoms with E-state index in [0.717, 1.165) is 13.1 Å². The van der Waals surface area contributed by atoms with E-state index < -0.39 is 0 Å². The Morgan fingerprint density at radius 2 is 1.81 bits per heavy atom. The molecule has 21 heavy (non-hydrogen) atoms.